The number of anilines is 1. The molecule has 0 fully saturated rings. The molecular formula is C11H19N3O2S. The summed E-state index contributed by atoms with van der Waals surface area (Å²) >= 11 is 0. The molecule has 0 aliphatic rings. The van der Waals surface area contributed by atoms with Crippen LogP contribution >= 0.6 is 0 Å². The second-order valence-corrected chi connectivity index (χ2v) is 6.53. The highest BCUT2D eigenvalue weighted by molar-refractivity contribution is 7.88. The standard InChI is InChI=1S/C11H19N3O2S/c1-9-6-5-7-12-10(9)13-8-11(2,3)14-17(4,15)16/h5-7,14H,8H2,1-4H3,(H,12,13). The van der Waals surface area contributed by atoms with Gasteiger partial charge in [0.25, 0.3) is 0 Å². The SMILES string of the molecule is Cc1cccnc1NCC(C)(C)NS(C)(=O)=O. The number of aromatic nitrogens is 1. The summed E-state index contributed by atoms with van der Waals surface area (Å²) in [5.41, 5.74) is 0.472. The van der Waals surface area contributed by atoms with Crippen LogP contribution in [0.5, 0.6) is 0 Å². The number of pyridine rings is 1. The lowest BCUT2D eigenvalue weighted by molar-refractivity contribution is 0.476. The van der Waals surface area contributed by atoms with Crippen molar-refractivity contribution in [3.63, 3.8) is 0 Å². The Balaban J connectivity index is 2.65. The van der Waals surface area contributed by atoms with E-state index in [9.17, 15) is 8.42 Å². The van der Waals surface area contributed by atoms with Crippen LogP contribution in [0.15, 0.2) is 18.3 Å². The highest BCUT2D eigenvalue weighted by atomic mass is 32.2. The molecule has 2 N–H and O–H groups in total. The zero-order chi connectivity index (χ0) is 13.1. The van der Waals surface area contributed by atoms with Crippen molar-refractivity contribution in [3.8, 4) is 0 Å². The second-order valence-electron chi connectivity index (χ2n) is 4.78. The van der Waals surface area contributed by atoms with E-state index in [4.69, 9.17) is 0 Å². The number of hydrogen-bond donors (Lipinski definition) is 2. The van der Waals surface area contributed by atoms with Crippen molar-refractivity contribution >= 4 is 15.8 Å². The molecule has 0 saturated carbocycles. The Kier molecular flexibility index (Phi) is 4.11. The molecule has 96 valence electrons. The smallest absolute Gasteiger partial charge is 0.209 e. The van der Waals surface area contributed by atoms with E-state index in [0.29, 0.717) is 6.54 Å². The van der Waals surface area contributed by atoms with E-state index >= 15 is 0 Å². The van der Waals surface area contributed by atoms with Crippen LogP contribution in [0.25, 0.3) is 0 Å². The van der Waals surface area contributed by atoms with E-state index in [-0.39, 0.29) is 0 Å². The summed E-state index contributed by atoms with van der Waals surface area (Å²) in [5, 5.41) is 3.14. The van der Waals surface area contributed by atoms with Gasteiger partial charge in [-0.2, -0.15) is 0 Å². The highest BCUT2D eigenvalue weighted by Gasteiger charge is 2.22. The van der Waals surface area contributed by atoms with E-state index < -0.39 is 15.6 Å². The fourth-order valence-electron chi connectivity index (χ4n) is 1.51. The maximum absolute atomic E-state index is 11.2. The largest absolute Gasteiger partial charge is 0.368 e. The zero-order valence-electron chi connectivity index (χ0n) is 10.6. The fourth-order valence-corrected chi connectivity index (χ4v) is 2.59. The topological polar surface area (TPSA) is 71.1 Å². The van der Waals surface area contributed by atoms with E-state index in [1.807, 2.05) is 32.9 Å². The van der Waals surface area contributed by atoms with Crippen LogP contribution in [0.4, 0.5) is 5.82 Å². The van der Waals surface area contributed by atoms with Crippen molar-refractivity contribution in [2.75, 3.05) is 18.1 Å². The molecular weight excluding hydrogens is 238 g/mol. The Hall–Kier alpha value is -1.14. The van der Waals surface area contributed by atoms with Gasteiger partial charge in [-0.05, 0) is 32.4 Å². The lowest BCUT2D eigenvalue weighted by atomic mass is 10.1. The predicted molar refractivity (Wildman–Crippen MR) is 69.5 cm³/mol. The number of hydrogen-bond acceptors (Lipinski definition) is 4. The molecule has 17 heavy (non-hydrogen) atoms. The molecule has 0 amide bonds. The monoisotopic (exact) mass is 257 g/mol. The van der Waals surface area contributed by atoms with Crippen molar-refractivity contribution in [1.82, 2.24) is 9.71 Å². The van der Waals surface area contributed by atoms with E-state index in [1.165, 1.54) is 0 Å². The molecule has 0 aromatic carbocycles. The molecule has 0 aliphatic heterocycles. The van der Waals surface area contributed by atoms with Crippen LogP contribution < -0.4 is 10.0 Å². The Morgan fingerprint density at radius 2 is 2.06 bits per heavy atom. The Labute approximate surface area is 103 Å². The molecule has 0 aliphatic carbocycles. The minimum Gasteiger partial charge on any atom is -0.368 e. The van der Waals surface area contributed by atoms with Crippen LogP contribution in [-0.4, -0.2) is 31.7 Å². The molecule has 0 radical (unpaired) electrons. The molecule has 1 rings (SSSR count). The van der Waals surface area contributed by atoms with Gasteiger partial charge < -0.3 is 5.32 Å². The first-order valence-corrected chi connectivity index (χ1v) is 7.23. The summed E-state index contributed by atoms with van der Waals surface area (Å²) in [7, 11) is -3.21. The fraction of sp³-hybridized carbons (Fsp3) is 0.545. The third-order valence-electron chi connectivity index (χ3n) is 2.17. The van der Waals surface area contributed by atoms with Crippen molar-refractivity contribution in [2.45, 2.75) is 26.3 Å². The van der Waals surface area contributed by atoms with Gasteiger partial charge in [0.15, 0.2) is 0 Å². The molecule has 1 aromatic heterocycles. The molecule has 1 heterocycles. The predicted octanol–water partition coefficient (Wildman–Crippen LogP) is 1.13. The first-order chi connectivity index (χ1) is 7.70. The van der Waals surface area contributed by atoms with Gasteiger partial charge in [0.05, 0.1) is 6.26 Å². The molecule has 6 heteroatoms. The summed E-state index contributed by atoms with van der Waals surface area (Å²) in [5.74, 6) is 0.774. The number of nitrogens with zero attached hydrogens (tertiary/aromatic N) is 1. The molecule has 0 spiro atoms. The van der Waals surface area contributed by atoms with E-state index in [1.54, 1.807) is 6.20 Å². The van der Waals surface area contributed by atoms with Crippen LogP contribution in [0.1, 0.15) is 19.4 Å². The summed E-state index contributed by atoms with van der Waals surface area (Å²) in [6.45, 7) is 6.06. The summed E-state index contributed by atoms with van der Waals surface area (Å²) in [6, 6.07) is 3.81. The van der Waals surface area contributed by atoms with Gasteiger partial charge in [0.2, 0.25) is 10.0 Å². The van der Waals surface area contributed by atoms with Crippen LogP contribution in [0.3, 0.4) is 0 Å². The molecule has 0 atom stereocenters. The third kappa shape index (κ3) is 5.14. The quantitative estimate of drug-likeness (QED) is 0.829. The lowest BCUT2D eigenvalue weighted by Gasteiger charge is -2.25. The van der Waals surface area contributed by atoms with E-state index in [0.717, 1.165) is 17.6 Å². The van der Waals surface area contributed by atoms with Crippen LogP contribution in [0, 0.1) is 6.92 Å². The summed E-state index contributed by atoms with van der Waals surface area (Å²) < 4.78 is 24.9. The van der Waals surface area contributed by atoms with Crippen LogP contribution in [0.2, 0.25) is 0 Å². The second kappa shape index (κ2) is 5.01. The number of rotatable bonds is 5. The van der Waals surface area contributed by atoms with Crippen LogP contribution in [-0.2, 0) is 10.0 Å². The van der Waals surface area contributed by atoms with Gasteiger partial charge in [-0.1, -0.05) is 6.07 Å². The average Bonchev–Trinajstić information content (AvgIpc) is 2.13. The Morgan fingerprint density at radius 3 is 2.59 bits per heavy atom. The maximum atomic E-state index is 11.2. The molecule has 0 unspecified atom stereocenters. The summed E-state index contributed by atoms with van der Waals surface area (Å²) in [6.07, 6.45) is 2.85. The van der Waals surface area contributed by atoms with Gasteiger partial charge in [0.1, 0.15) is 5.82 Å². The minimum absolute atomic E-state index is 0.470. The summed E-state index contributed by atoms with van der Waals surface area (Å²) in [4.78, 5) is 4.19. The maximum Gasteiger partial charge on any atom is 0.209 e. The molecule has 0 bridgehead atoms. The van der Waals surface area contributed by atoms with Gasteiger partial charge >= 0.3 is 0 Å². The minimum atomic E-state index is -3.21. The number of aryl methyl sites for hydroxylation is 1. The van der Waals surface area contributed by atoms with Crippen molar-refractivity contribution in [3.05, 3.63) is 23.9 Å². The Morgan fingerprint density at radius 1 is 1.41 bits per heavy atom. The number of nitrogens with one attached hydrogen (secondary N) is 2. The van der Waals surface area contributed by atoms with Gasteiger partial charge in [-0.25, -0.2) is 18.1 Å². The van der Waals surface area contributed by atoms with Gasteiger partial charge in [0, 0.05) is 18.3 Å². The van der Waals surface area contributed by atoms with Crippen molar-refractivity contribution < 1.29 is 8.42 Å². The molecule has 1 aromatic rings. The van der Waals surface area contributed by atoms with Crippen molar-refractivity contribution in [2.24, 2.45) is 0 Å². The third-order valence-corrected chi connectivity index (χ3v) is 3.09. The van der Waals surface area contributed by atoms with Gasteiger partial charge in [-0.3, -0.25) is 0 Å². The average molecular weight is 257 g/mol. The molecule has 0 saturated heterocycles. The number of sulfonamides is 1. The highest BCUT2D eigenvalue weighted by Crippen LogP contribution is 2.11. The van der Waals surface area contributed by atoms with Crippen molar-refractivity contribution in [1.29, 1.82) is 0 Å². The first kappa shape index (κ1) is 13.9. The van der Waals surface area contributed by atoms with E-state index in [2.05, 4.69) is 15.0 Å². The lowest BCUT2D eigenvalue weighted by Crippen LogP contribution is -2.47. The Bertz CT molecular complexity index is 483. The zero-order valence-corrected chi connectivity index (χ0v) is 11.4. The first-order valence-electron chi connectivity index (χ1n) is 5.34. The van der Waals surface area contributed by atoms with Gasteiger partial charge in [-0.15, -0.1) is 0 Å². The normalized spacial score (nSPS) is 12.5. The molecule has 5 nitrogen and oxygen atoms in total.